The number of fused-ring (bicyclic) bond motifs is 1. The minimum atomic E-state index is -3.22. The maximum absolute atomic E-state index is 11.8. The minimum Gasteiger partial charge on any atom is -0.468 e. The molecule has 1 aromatic heterocycles. The fourth-order valence-corrected chi connectivity index (χ4v) is 3.60. The van der Waals surface area contributed by atoms with E-state index in [2.05, 4.69) is 27.8 Å². The smallest absolute Gasteiger partial charge is 0.211 e. The van der Waals surface area contributed by atoms with Crippen molar-refractivity contribution in [1.29, 1.82) is 0 Å². The van der Waals surface area contributed by atoms with Gasteiger partial charge in [-0.25, -0.2) is 13.1 Å². The van der Waals surface area contributed by atoms with Gasteiger partial charge in [0.25, 0.3) is 0 Å². The average Bonchev–Trinajstić information content (AvgIpc) is 3.09. The molecule has 2 aromatic rings. The second-order valence-electron chi connectivity index (χ2n) is 5.77. The quantitative estimate of drug-likeness (QED) is 0.881. The Morgan fingerprint density at radius 1 is 1.22 bits per heavy atom. The van der Waals surface area contributed by atoms with Crippen molar-refractivity contribution in [3.63, 3.8) is 0 Å². The van der Waals surface area contributed by atoms with Gasteiger partial charge in [0.2, 0.25) is 10.0 Å². The van der Waals surface area contributed by atoms with E-state index in [1.54, 1.807) is 13.2 Å². The van der Waals surface area contributed by atoms with E-state index in [4.69, 9.17) is 4.42 Å². The summed E-state index contributed by atoms with van der Waals surface area (Å²) in [7, 11) is -3.22. The van der Waals surface area contributed by atoms with Crippen molar-refractivity contribution in [3.8, 4) is 0 Å². The summed E-state index contributed by atoms with van der Waals surface area (Å²) in [5, 5.41) is 0. The van der Waals surface area contributed by atoms with E-state index in [1.165, 1.54) is 11.1 Å². The lowest BCUT2D eigenvalue weighted by molar-refractivity contribution is 0.160. The van der Waals surface area contributed by atoms with Crippen LogP contribution in [0.15, 0.2) is 47.1 Å². The van der Waals surface area contributed by atoms with Gasteiger partial charge in [-0.2, -0.15) is 0 Å². The largest absolute Gasteiger partial charge is 0.468 e. The summed E-state index contributed by atoms with van der Waals surface area (Å²) in [6.45, 7) is 3.65. The fraction of sp³-hybridized carbons (Fsp3) is 0.412. The van der Waals surface area contributed by atoms with Gasteiger partial charge in [0.05, 0.1) is 18.1 Å². The van der Waals surface area contributed by atoms with Crippen LogP contribution in [0.1, 0.15) is 29.9 Å². The third-order valence-corrected chi connectivity index (χ3v) is 5.72. The average molecular weight is 334 g/mol. The Hall–Kier alpha value is -1.63. The Morgan fingerprint density at radius 2 is 2.00 bits per heavy atom. The molecular formula is C17H22N2O3S. The first-order valence-corrected chi connectivity index (χ1v) is 9.56. The Bertz CT molecular complexity index is 741. The standard InChI is InChI=1S/C17H22N2O3S/c1-2-23(20,21)18-12-16(17-8-5-11-22-17)19-10-9-14-6-3-4-7-15(14)13-19/h3-8,11,16,18H,2,9-10,12-13H2,1H3. The van der Waals surface area contributed by atoms with Gasteiger partial charge in [0.15, 0.2) is 0 Å². The van der Waals surface area contributed by atoms with E-state index in [0.29, 0.717) is 6.54 Å². The van der Waals surface area contributed by atoms with Crippen molar-refractivity contribution in [3.05, 3.63) is 59.5 Å². The van der Waals surface area contributed by atoms with Gasteiger partial charge in [-0.3, -0.25) is 4.90 Å². The zero-order valence-corrected chi connectivity index (χ0v) is 14.1. The molecule has 0 aliphatic carbocycles. The number of hydrogen-bond acceptors (Lipinski definition) is 4. The molecule has 6 heteroatoms. The highest BCUT2D eigenvalue weighted by Crippen LogP contribution is 2.28. The van der Waals surface area contributed by atoms with E-state index in [9.17, 15) is 8.42 Å². The molecule has 1 N–H and O–H groups in total. The first-order chi connectivity index (χ1) is 11.1. The highest BCUT2D eigenvalue weighted by Gasteiger charge is 2.27. The molecule has 0 saturated carbocycles. The van der Waals surface area contributed by atoms with Crippen molar-refractivity contribution >= 4 is 10.0 Å². The van der Waals surface area contributed by atoms with Crippen molar-refractivity contribution < 1.29 is 12.8 Å². The maximum Gasteiger partial charge on any atom is 0.211 e. The predicted molar refractivity (Wildman–Crippen MR) is 89.5 cm³/mol. The van der Waals surface area contributed by atoms with E-state index in [-0.39, 0.29) is 11.8 Å². The molecule has 1 aliphatic rings. The lowest BCUT2D eigenvalue weighted by Gasteiger charge is -2.34. The summed E-state index contributed by atoms with van der Waals surface area (Å²) in [4.78, 5) is 2.28. The van der Waals surface area contributed by atoms with E-state index in [0.717, 1.165) is 25.3 Å². The van der Waals surface area contributed by atoms with Crippen molar-refractivity contribution in [2.24, 2.45) is 0 Å². The third-order valence-electron chi connectivity index (χ3n) is 4.35. The lowest BCUT2D eigenvalue weighted by atomic mass is 9.98. The zero-order chi connectivity index (χ0) is 16.3. The zero-order valence-electron chi connectivity index (χ0n) is 13.2. The van der Waals surface area contributed by atoms with Crippen LogP contribution in [-0.2, 0) is 23.0 Å². The monoisotopic (exact) mass is 334 g/mol. The van der Waals surface area contributed by atoms with Gasteiger partial charge >= 0.3 is 0 Å². The number of sulfonamides is 1. The molecule has 1 aromatic carbocycles. The summed E-state index contributed by atoms with van der Waals surface area (Å²) >= 11 is 0. The van der Waals surface area contributed by atoms with Gasteiger partial charge in [0, 0.05) is 19.6 Å². The normalized spacial score (nSPS) is 16.9. The SMILES string of the molecule is CCS(=O)(=O)NCC(c1ccco1)N1CCc2ccccc2C1. The molecule has 1 unspecified atom stereocenters. The van der Waals surface area contributed by atoms with Crippen LogP contribution in [-0.4, -0.2) is 32.2 Å². The van der Waals surface area contributed by atoms with Gasteiger partial charge in [-0.15, -0.1) is 0 Å². The highest BCUT2D eigenvalue weighted by molar-refractivity contribution is 7.89. The van der Waals surface area contributed by atoms with Crippen molar-refractivity contribution in [2.75, 3.05) is 18.8 Å². The fourth-order valence-electron chi connectivity index (χ4n) is 2.98. The highest BCUT2D eigenvalue weighted by atomic mass is 32.2. The summed E-state index contributed by atoms with van der Waals surface area (Å²) in [6, 6.07) is 12.1. The van der Waals surface area contributed by atoms with Crippen LogP contribution >= 0.6 is 0 Å². The van der Waals surface area contributed by atoms with Crippen LogP contribution in [0.5, 0.6) is 0 Å². The third kappa shape index (κ3) is 3.83. The molecular weight excluding hydrogens is 312 g/mol. The van der Waals surface area contributed by atoms with Crippen LogP contribution < -0.4 is 4.72 Å². The molecule has 2 heterocycles. The number of furan rings is 1. The van der Waals surface area contributed by atoms with E-state index >= 15 is 0 Å². The van der Waals surface area contributed by atoms with Crippen molar-refractivity contribution in [2.45, 2.75) is 25.9 Å². The molecule has 23 heavy (non-hydrogen) atoms. The lowest BCUT2D eigenvalue weighted by Crippen LogP contribution is -2.40. The molecule has 0 spiro atoms. The van der Waals surface area contributed by atoms with Crippen molar-refractivity contribution in [1.82, 2.24) is 9.62 Å². The predicted octanol–water partition coefficient (Wildman–Crippen LogP) is 2.32. The Morgan fingerprint density at radius 3 is 2.70 bits per heavy atom. The van der Waals surface area contributed by atoms with Crippen LogP contribution in [0.25, 0.3) is 0 Å². The van der Waals surface area contributed by atoms with Crippen LogP contribution in [0, 0.1) is 0 Å². The molecule has 3 rings (SSSR count). The molecule has 5 nitrogen and oxygen atoms in total. The van der Waals surface area contributed by atoms with Crippen LogP contribution in [0.3, 0.4) is 0 Å². The minimum absolute atomic E-state index is 0.0840. The second kappa shape index (κ2) is 6.86. The van der Waals surface area contributed by atoms with Gasteiger partial charge in [0.1, 0.15) is 5.76 Å². The molecule has 0 saturated heterocycles. The molecule has 0 radical (unpaired) electrons. The molecule has 0 fully saturated rings. The van der Waals surface area contributed by atoms with Gasteiger partial charge < -0.3 is 4.42 Å². The van der Waals surface area contributed by atoms with E-state index in [1.807, 2.05) is 18.2 Å². The summed E-state index contributed by atoms with van der Waals surface area (Å²) in [6.07, 6.45) is 2.60. The topological polar surface area (TPSA) is 62.6 Å². The molecule has 0 bridgehead atoms. The second-order valence-corrected chi connectivity index (χ2v) is 7.87. The number of nitrogens with zero attached hydrogens (tertiary/aromatic N) is 1. The molecule has 124 valence electrons. The number of nitrogens with one attached hydrogen (secondary N) is 1. The first kappa shape index (κ1) is 16.2. The van der Waals surface area contributed by atoms with Gasteiger partial charge in [-0.05, 0) is 36.6 Å². The molecule has 1 aliphatic heterocycles. The Balaban J connectivity index is 1.79. The molecule has 1 atom stereocenters. The number of rotatable bonds is 6. The van der Waals surface area contributed by atoms with Gasteiger partial charge in [-0.1, -0.05) is 24.3 Å². The first-order valence-electron chi connectivity index (χ1n) is 7.90. The molecule has 0 amide bonds. The summed E-state index contributed by atoms with van der Waals surface area (Å²) in [5.74, 6) is 0.879. The number of benzene rings is 1. The summed E-state index contributed by atoms with van der Waals surface area (Å²) < 4.78 is 31.8. The number of hydrogen-bond donors (Lipinski definition) is 1. The van der Waals surface area contributed by atoms with Crippen LogP contribution in [0.4, 0.5) is 0 Å². The summed E-state index contributed by atoms with van der Waals surface area (Å²) in [5.41, 5.74) is 2.67. The van der Waals surface area contributed by atoms with Crippen LogP contribution in [0.2, 0.25) is 0 Å². The van der Waals surface area contributed by atoms with E-state index < -0.39 is 10.0 Å². The maximum atomic E-state index is 11.8. The Labute approximate surface area is 137 Å². The Kier molecular flexibility index (Phi) is 4.84.